The Labute approximate surface area is 71.8 Å². The van der Waals surface area contributed by atoms with Gasteiger partial charge in [-0.2, -0.15) is 0 Å². The van der Waals surface area contributed by atoms with Gasteiger partial charge in [0.1, 0.15) is 0 Å². The van der Waals surface area contributed by atoms with Crippen molar-refractivity contribution in [3.05, 3.63) is 0 Å². The molecule has 0 aromatic rings. The molecule has 1 rings (SSSR count). The van der Waals surface area contributed by atoms with Crippen LogP contribution in [-0.2, 0) is 19.0 Å². The minimum atomic E-state index is -0.443. The molecule has 0 spiro atoms. The lowest BCUT2D eigenvalue weighted by Gasteiger charge is -2.31. The molecule has 0 unspecified atom stereocenters. The molecule has 0 aromatic carbocycles. The van der Waals surface area contributed by atoms with Crippen molar-refractivity contribution in [1.82, 2.24) is 0 Å². The van der Waals surface area contributed by atoms with Crippen LogP contribution in [0.25, 0.3) is 0 Å². The fraction of sp³-hybridized carbons (Fsp3) is 0.875. The first kappa shape index (κ1) is 9.48. The van der Waals surface area contributed by atoms with E-state index in [0.717, 1.165) is 0 Å². The van der Waals surface area contributed by atoms with Gasteiger partial charge in [-0.05, 0) is 13.8 Å². The predicted molar refractivity (Wildman–Crippen MR) is 41.3 cm³/mol. The molecule has 1 aliphatic rings. The maximum absolute atomic E-state index is 10.6. The quantitative estimate of drug-likeness (QED) is 0.557. The number of carbonyl (C=O) groups is 1. The molecule has 0 amide bonds. The summed E-state index contributed by atoms with van der Waals surface area (Å²) in [6.07, 6.45) is -0.0540. The summed E-state index contributed by atoms with van der Waals surface area (Å²) < 4.78 is 15.4. The molecule has 0 aromatic heterocycles. The highest BCUT2D eigenvalue weighted by atomic mass is 16.8. The summed E-state index contributed by atoms with van der Waals surface area (Å²) in [5, 5.41) is 0. The van der Waals surface area contributed by atoms with Gasteiger partial charge in [-0.1, -0.05) is 0 Å². The second-order valence-electron chi connectivity index (χ2n) is 2.93. The average Bonchev–Trinajstić information content (AvgIpc) is 1.81. The Bertz CT molecular complexity index is 158. The topological polar surface area (TPSA) is 44.8 Å². The highest BCUT2D eigenvalue weighted by Crippen LogP contribution is 2.18. The molecule has 1 aliphatic heterocycles. The summed E-state index contributed by atoms with van der Waals surface area (Å²) in [6.45, 7) is 5.08. The molecule has 0 aliphatic carbocycles. The van der Waals surface area contributed by atoms with Gasteiger partial charge in [0.15, 0.2) is 6.29 Å². The molecule has 4 nitrogen and oxygen atoms in total. The summed E-state index contributed by atoms with van der Waals surface area (Å²) in [6, 6.07) is 0. The van der Waals surface area contributed by atoms with Gasteiger partial charge in [-0.15, -0.1) is 0 Å². The van der Waals surface area contributed by atoms with Crippen LogP contribution in [0.4, 0.5) is 0 Å². The van der Waals surface area contributed by atoms with Gasteiger partial charge >= 0.3 is 5.97 Å². The zero-order chi connectivity index (χ0) is 9.14. The number of carbonyl (C=O) groups excluding carboxylic acids is 1. The van der Waals surface area contributed by atoms with Crippen LogP contribution in [0.1, 0.15) is 27.2 Å². The van der Waals surface area contributed by atoms with Crippen molar-refractivity contribution in [3.8, 4) is 0 Å². The third-order valence-electron chi connectivity index (χ3n) is 1.59. The van der Waals surface area contributed by atoms with E-state index in [1.54, 1.807) is 6.92 Å². The van der Waals surface area contributed by atoms with Crippen molar-refractivity contribution in [2.75, 3.05) is 0 Å². The second-order valence-corrected chi connectivity index (χ2v) is 2.93. The normalized spacial score (nSPS) is 36.1. The standard InChI is InChI=1S/C8H14O4/c1-5-4-8(11-6(2)9)12-7(3)10-5/h5,7-8H,4H2,1-3H3/t5-,7-,8-/m0/s1. The number of esters is 1. The van der Waals surface area contributed by atoms with E-state index in [1.165, 1.54) is 6.92 Å². The Hall–Kier alpha value is -0.610. The van der Waals surface area contributed by atoms with Crippen LogP contribution in [0.15, 0.2) is 0 Å². The first-order chi connectivity index (χ1) is 5.58. The van der Waals surface area contributed by atoms with Crippen LogP contribution >= 0.6 is 0 Å². The molecule has 1 heterocycles. The summed E-state index contributed by atoms with van der Waals surface area (Å²) in [5.74, 6) is -0.318. The zero-order valence-electron chi connectivity index (χ0n) is 7.57. The van der Waals surface area contributed by atoms with Crippen LogP contribution in [0.3, 0.4) is 0 Å². The Morgan fingerprint density at radius 3 is 2.58 bits per heavy atom. The van der Waals surface area contributed by atoms with E-state index in [0.29, 0.717) is 6.42 Å². The Morgan fingerprint density at radius 1 is 1.42 bits per heavy atom. The molecule has 70 valence electrons. The molecular formula is C8H14O4. The highest BCUT2D eigenvalue weighted by Gasteiger charge is 2.26. The lowest BCUT2D eigenvalue weighted by Crippen LogP contribution is -2.37. The lowest BCUT2D eigenvalue weighted by molar-refractivity contribution is -0.288. The van der Waals surface area contributed by atoms with Crippen LogP contribution in [-0.4, -0.2) is 24.7 Å². The van der Waals surface area contributed by atoms with Crippen molar-refractivity contribution < 1.29 is 19.0 Å². The predicted octanol–water partition coefficient (Wildman–Crippen LogP) is 1.05. The molecular weight excluding hydrogens is 160 g/mol. The molecule has 0 N–H and O–H groups in total. The Morgan fingerprint density at radius 2 is 2.08 bits per heavy atom. The third kappa shape index (κ3) is 2.79. The summed E-state index contributed by atoms with van der Waals surface area (Å²) in [4.78, 5) is 10.6. The van der Waals surface area contributed by atoms with E-state index in [1.807, 2.05) is 6.92 Å². The van der Waals surface area contributed by atoms with Crippen LogP contribution < -0.4 is 0 Å². The summed E-state index contributed by atoms with van der Waals surface area (Å²) >= 11 is 0. The molecule has 0 saturated carbocycles. The van der Waals surface area contributed by atoms with Crippen molar-refractivity contribution in [2.45, 2.75) is 45.9 Å². The number of ether oxygens (including phenoxy) is 3. The second kappa shape index (κ2) is 3.87. The molecule has 1 fully saturated rings. The smallest absolute Gasteiger partial charge is 0.304 e. The average molecular weight is 174 g/mol. The van der Waals surface area contributed by atoms with E-state index in [-0.39, 0.29) is 18.4 Å². The van der Waals surface area contributed by atoms with Gasteiger partial charge in [-0.25, -0.2) is 0 Å². The van der Waals surface area contributed by atoms with Gasteiger partial charge < -0.3 is 14.2 Å². The minimum absolute atomic E-state index is 0.0816. The van der Waals surface area contributed by atoms with Crippen molar-refractivity contribution in [1.29, 1.82) is 0 Å². The molecule has 0 radical (unpaired) electrons. The largest absolute Gasteiger partial charge is 0.436 e. The van der Waals surface area contributed by atoms with Gasteiger partial charge in [-0.3, -0.25) is 4.79 Å². The molecule has 4 heteroatoms. The van der Waals surface area contributed by atoms with Crippen molar-refractivity contribution in [2.24, 2.45) is 0 Å². The SMILES string of the molecule is CC(=O)O[C@@H]1C[C@H](C)O[C@H](C)O1. The molecule has 1 saturated heterocycles. The summed E-state index contributed by atoms with van der Waals surface area (Å²) in [7, 11) is 0. The van der Waals surface area contributed by atoms with E-state index < -0.39 is 6.29 Å². The van der Waals surface area contributed by atoms with E-state index >= 15 is 0 Å². The number of hydrogen-bond donors (Lipinski definition) is 0. The monoisotopic (exact) mass is 174 g/mol. The highest BCUT2D eigenvalue weighted by molar-refractivity contribution is 5.66. The summed E-state index contributed by atoms with van der Waals surface area (Å²) in [5.41, 5.74) is 0. The first-order valence-electron chi connectivity index (χ1n) is 4.06. The number of hydrogen-bond acceptors (Lipinski definition) is 4. The van der Waals surface area contributed by atoms with Crippen molar-refractivity contribution >= 4 is 5.97 Å². The third-order valence-corrected chi connectivity index (χ3v) is 1.59. The Kier molecular flexibility index (Phi) is 3.05. The van der Waals surface area contributed by atoms with Gasteiger partial charge in [0.2, 0.25) is 6.29 Å². The lowest BCUT2D eigenvalue weighted by atomic mass is 10.2. The molecule has 12 heavy (non-hydrogen) atoms. The van der Waals surface area contributed by atoms with E-state index in [4.69, 9.17) is 14.2 Å². The zero-order valence-corrected chi connectivity index (χ0v) is 7.57. The van der Waals surface area contributed by atoms with Gasteiger partial charge in [0, 0.05) is 13.3 Å². The van der Waals surface area contributed by atoms with Crippen molar-refractivity contribution in [3.63, 3.8) is 0 Å². The van der Waals surface area contributed by atoms with Gasteiger partial charge in [0.05, 0.1) is 6.10 Å². The Balaban J connectivity index is 2.38. The van der Waals surface area contributed by atoms with Crippen LogP contribution in [0.2, 0.25) is 0 Å². The molecule has 3 atom stereocenters. The first-order valence-corrected chi connectivity index (χ1v) is 4.06. The fourth-order valence-electron chi connectivity index (χ4n) is 1.22. The number of rotatable bonds is 1. The van der Waals surface area contributed by atoms with E-state index in [9.17, 15) is 4.79 Å². The van der Waals surface area contributed by atoms with Crippen LogP contribution in [0.5, 0.6) is 0 Å². The maximum Gasteiger partial charge on any atom is 0.304 e. The van der Waals surface area contributed by atoms with Crippen LogP contribution in [0, 0.1) is 0 Å². The fourth-order valence-corrected chi connectivity index (χ4v) is 1.22. The minimum Gasteiger partial charge on any atom is -0.436 e. The molecule has 0 bridgehead atoms. The maximum atomic E-state index is 10.6. The van der Waals surface area contributed by atoms with Gasteiger partial charge in [0.25, 0.3) is 0 Å². The van der Waals surface area contributed by atoms with E-state index in [2.05, 4.69) is 0 Å².